The van der Waals surface area contributed by atoms with E-state index in [9.17, 15) is 4.79 Å². The molecule has 1 amide bonds. The highest BCUT2D eigenvalue weighted by Crippen LogP contribution is 2.35. The SMILES string of the molecule is CC(Nc1cc2c(cc1N)CC(=O)N2)C1CCC1. The second-order valence-electron chi connectivity index (χ2n) is 5.45. The van der Waals surface area contributed by atoms with Gasteiger partial charge in [0.1, 0.15) is 0 Å². The molecular weight excluding hydrogens is 226 g/mol. The van der Waals surface area contributed by atoms with Gasteiger partial charge in [-0.15, -0.1) is 0 Å². The van der Waals surface area contributed by atoms with Gasteiger partial charge >= 0.3 is 0 Å². The summed E-state index contributed by atoms with van der Waals surface area (Å²) in [5.74, 6) is 0.806. The van der Waals surface area contributed by atoms with Crippen molar-refractivity contribution in [1.82, 2.24) is 0 Å². The Morgan fingerprint density at radius 1 is 1.44 bits per heavy atom. The zero-order valence-corrected chi connectivity index (χ0v) is 10.6. The van der Waals surface area contributed by atoms with Crippen LogP contribution < -0.4 is 16.4 Å². The molecule has 18 heavy (non-hydrogen) atoms. The molecule has 4 nitrogen and oxygen atoms in total. The summed E-state index contributed by atoms with van der Waals surface area (Å²) < 4.78 is 0. The quantitative estimate of drug-likeness (QED) is 0.716. The first-order valence-corrected chi connectivity index (χ1v) is 6.62. The lowest BCUT2D eigenvalue weighted by Crippen LogP contribution is -2.31. The van der Waals surface area contributed by atoms with Gasteiger partial charge in [0, 0.05) is 11.7 Å². The maximum atomic E-state index is 11.3. The van der Waals surface area contributed by atoms with Crippen LogP contribution in [0, 0.1) is 5.92 Å². The zero-order valence-electron chi connectivity index (χ0n) is 10.6. The number of carbonyl (C=O) groups excluding carboxylic acids is 1. The number of nitrogen functional groups attached to an aromatic ring is 1. The van der Waals surface area contributed by atoms with Crippen LogP contribution in [-0.2, 0) is 11.2 Å². The van der Waals surface area contributed by atoms with Crippen molar-refractivity contribution in [3.05, 3.63) is 17.7 Å². The van der Waals surface area contributed by atoms with E-state index in [1.807, 2.05) is 12.1 Å². The molecule has 1 atom stereocenters. The summed E-state index contributed by atoms with van der Waals surface area (Å²) in [5.41, 5.74) is 9.62. The molecule has 1 saturated carbocycles. The molecule has 1 aliphatic carbocycles. The number of fused-ring (bicyclic) bond motifs is 1. The van der Waals surface area contributed by atoms with Gasteiger partial charge in [-0.1, -0.05) is 6.42 Å². The van der Waals surface area contributed by atoms with Crippen LogP contribution in [0.2, 0.25) is 0 Å². The Kier molecular flexibility index (Phi) is 2.65. The normalized spacial score (nSPS) is 19.9. The predicted molar refractivity (Wildman–Crippen MR) is 73.6 cm³/mol. The molecule has 0 radical (unpaired) electrons. The lowest BCUT2D eigenvalue weighted by molar-refractivity contribution is -0.115. The number of nitrogens with one attached hydrogen (secondary N) is 2. The molecule has 96 valence electrons. The van der Waals surface area contributed by atoms with Gasteiger partial charge in [-0.25, -0.2) is 0 Å². The minimum absolute atomic E-state index is 0.0496. The highest BCUT2D eigenvalue weighted by Gasteiger charge is 2.25. The van der Waals surface area contributed by atoms with E-state index >= 15 is 0 Å². The average Bonchev–Trinajstić information content (AvgIpc) is 2.55. The number of hydrogen-bond acceptors (Lipinski definition) is 3. The highest BCUT2D eigenvalue weighted by atomic mass is 16.1. The van der Waals surface area contributed by atoms with Gasteiger partial charge in [-0.3, -0.25) is 4.79 Å². The summed E-state index contributed by atoms with van der Waals surface area (Å²) in [6.07, 6.45) is 4.38. The maximum Gasteiger partial charge on any atom is 0.228 e. The number of nitrogens with two attached hydrogens (primary N) is 1. The number of anilines is 3. The van der Waals surface area contributed by atoms with Crippen molar-refractivity contribution in [1.29, 1.82) is 0 Å². The molecule has 0 saturated heterocycles. The molecule has 1 fully saturated rings. The van der Waals surface area contributed by atoms with Crippen molar-refractivity contribution in [2.45, 2.75) is 38.6 Å². The Labute approximate surface area is 107 Å². The van der Waals surface area contributed by atoms with Crippen LogP contribution in [0.1, 0.15) is 31.7 Å². The van der Waals surface area contributed by atoms with Gasteiger partial charge in [0.2, 0.25) is 5.91 Å². The van der Waals surface area contributed by atoms with Crippen molar-refractivity contribution in [2.75, 3.05) is 16.4 Å². The Morgan fingerprint density at radius 2 is 2.22 bits per heavy atom. The molecule has 1 aromatic rings. The number of hydrogen-bond donors (Lipinski definition) is 3. The molecule has 0 bridgehead atoms. The predicted octanol–water partition coefficient (Wildman–Crippen LogP) is 2.36. The van der Waals surface area contributed by atoms with Gasteiger partial charge in [-0.05, 0) is 43.4 Å². The summed E-state index contributed by atoms with van der Waals surface area (Å²) in [4.78, 5) is 11.3. The minimum Gasteiger partial charge on any atom is -0.397 e. The van der Waals surface area contributed by atoms with E-state index in [0.717, 1.165) is 28.5 Å². The average molecular weight is 245 g/mol. The third kappa shape index (κ3) is 1.92. The van der Waals surface area contributed by atoms with Gasteiger partial charge < -0.3 is 16.4 Å². The third-order valence-electron chi connectivity index (χ3n) is 4.14. The molecule has 1 heterocycles. The Balaban J connectivity index is 1.80. The molecule has 2 aliphatic rings. The van der Waals surface area contributed by atoms with Gasteiger partial charge in [0.15, 0.2) is 0 Å². The minimum atomic E-state index is 0.0496. The number of amides is 1. The van der Waals surface area contributed by atoms with Crippen LogP contribution in [0.4, 0.5) is 17.1 Å². The van der Waals surface area contributed by atoms with E-state index in [2.05, 4.69) is 17.6 Å². The molecule has 1 aliphatic heterocycles. The second kappa shape index (κ2) is 4.19. The fraction of sp³-hybridized carbons (Fsp3) is 0.500. The number of carbonyl (C=O) groups is 1. The first kappa shape index (κ1) is 11.4. The van der Waals surface area contributed by atoms with E-state index in [-0.39, 0.29) is 5.91 Å². The zero-order chi connectivity index (χ0) is 12.7. The number of benzene rings is 1. The Bertz CT molecular complexity index is 494. The summed E-state index contributed by atoms with van der Waals surface area (Å²) >= 11 is 0. The van der Waals surface area contributed by atoms with E-state index in [1.54, 1.807) is 0 Å². The van der Waals surface area contributed by atoms with Crippen molar-refractivity contribution in [3.8, 4) is 0 Å². The lowest BCUT2D eigenvalue weighted by Gasteiger charge is -2.33. The molecule has 1 unspecified atom stereocenters. The van der Waals surface area contributed by atoms with Crippen LogP contribution >= 0.6 is 0 Å². The summed E-state index contributed by atoms with van der Waals surface area (Å²) in [7, 11) is 0. The van der Waals surface area contributed by atoms with Gasteiger partial charge in [0.05, 0.1) is 17.8 Å². The van der Waals surface area contributed by atoms with Crippen LogP contribution in [-0.4, -0.2) is 11.9 Å². The number of rotatable bonds is 3. The van der Waals surface area contributed by atoms with E-state index in [4.69, 9.17) is 5.73 Å². The first-order chi connectivity index (χ1) is 8.63. The van der Waals surface area contributed by atoms with Crippen LogP contribution in [0.5, 0.6) is 0 Å². The Morgan fingerprint density at radius 3 is 2.89 bits per heavy atom. The van der Waals surface area contributed by atoms with Gasteiger partial charge in [-0.2, -0.15) is 0 Å². The fourth-order valence-corrected chi connectivity index (χ4v) is 2.72. The molecular formula is C14H19N3O. The standard InChI is InChI=1S/C14H19N3O/c1-8(9-3-2-4-9)16-13-7-12-10(5-11(13)15)6-14(18)17-12/h5,7-9,16H,2-4,6,15H2,1H3,(H,17,18). The van der Waals surface area contributed by atoms with Crippen LogP contribution in [0.15, 0.2) is 12.1 Å². The summed E-state index contributed by atoms with van der Waals surface area (Å²) in [6, 6.07) is 4.31. The summed E-state index contributed by atoms with van der Waals surface area (Å²) in [6.45, 7) is 2.20. The highest BCUT2D eigenvalue weighted by molar-refractivity contribution is 6.00. The van der Waals surface area contributed by atoms with Crippen LogP contribution in [0.25, 0.3) is 0 Å². The van der Waals surface area contributed by atoms with E-state index in [0.29, 0.717) is 12.5 Å². The molecule has 4 heteroatoms. The summed E-state index contributed by atoms with van der Waals surface area (Å²) in [5, 5.41) is 6.34. The smallest absolute Gasteiger partial charge is 0.228 e. The van der Waals surface area contributed by atoms with E-state index in [1.165, 1.54) is 19.3 Å². The molecule has 3 rings (SSSR count). The van der Waals surface area contributed by atoms with Crippen LogP contribution in [0.3, 0.4) is 0 Å². The monoisotopic (exact) mass is 245 g/mol. The largest absolute Gasteiger partial charge is 0.397 e. The first-order valence-electron chi connectivity index (χ1n) is 6.62. The third-order valence-corrected chi connectivity index (χ3v) is 4.14. The molecule has 0 spiro atoms. The molecule has 1 aromatic carbocycles. The van der Waals surface area contributed by atoms with E-state index < -0.39 is 0 Å². The Hall–Kier alpha value is -1.71. The van der Waals surface area contributed by atoms with Crippen molar-refractivity contribution in [2.24, 2.45) is 5.92 Å². The second-order valence-corrected chi connectivity index (χ2v) is 5.45. The van der Waals surface area contributed by atoms with Crippen molar-refractivity contribution in [3.63, 3.8) is 0 Å². The van der Waals surface area contributed by atoms with Gasteiger partial charge in [0.25, 0.3) is 0 Å². The topological polar surface area (TPSA) is 67.1 Å². The fourth-order valence-electron chi connectivity index (χ4n) is 2.72. The lowest BCUT2D eigenvalue weighted by atomic mass is 9.80. The maximum absolute atomic E-state index is 11.3. The van der Waals surface area contributed by atoms with Crippen molar-refractivity contribution >= 4 is 23.0 Å². The molecule has 4 N–H and O–H groups in total. The molecule has 0 aromatic heterocycles. The van der Waals surface area contributed by atoms with Crippen molar-refractivity contribution < 1.29 is 4.79 Å².